The van der Waals surface area contributed by atoms with Crippen LogP contribution in [0.25, 0.3) is 0 Å². The molecule has 80 valence electrons. The molecule has 0 aromatic rings. The normalized spacial score (nSPS) is 35.3. The third-order valence-corrected chi connectivity index (χ3v) is 4.01. The summed E-state index contributed by atoms with van der Waals surface area (Å²) in [6.45, 7) is 2.23. The fourth-order valence-electron chi connectivity index (χ4n) is 2.69. The van der Waals surface area contributed by atoms with Crippen molar-refractivity contribution >= 4 is 5.78 Å². The van der Waals surface area contributed by atoms with Crippen LogP contribution in [0.5, 0.6) is 0 Å². The van der Waals surface area contributed by atoms with Gasteiger partial charge in [-0.1, -0.05) is 26.2 Å². The SMILES string of the molecule is CCC1CCCC(C(=O)C2(N)CC2)C1. The molecular weight excluding hydrogens is 174 g/mol. The highest BCUT2D eigenvalue weighted by Crippen LogP contribution is 2.40. The van der Waals surface area contributed by atoms with E-state index in [2.05, 4.69) is 6.92 Å². The summed E-state index contributed by atoms with van der Waals surface area (Å²) < 4.78 is 0. The Balaban J connectivity index is 1.93. The van der Waals surface area contributed by atoms with Crippen LogP contribution < -0.4 is 5.73 Å². The highest BCUT2D eigenvalue weighted by molar-refractivity contribution is 5.93. The average molecular weight is 195 g/mol. The Morgan fingerprint density at radius 2 is 2.14 bits per heavy atom. The third kappa shape index (κ3) is 1.85. The van der Waals surface area contributed by atoms with Crippen molar-refractivity contribution in [3.05, 3.63) is 0 Å². The minimum Gasteiger partial charge on any atom is -0.319 e. The summed E-state index contributed by atoms with van der Waals surface area (Å²) in [6.07, 6.45) is 7.82. The van der Waals surface area contributed by atoms with Crippen LogP contribution in [-0.4, -0.2) is 11.3 Å². The first-order chi connectivity index (χ1) is 6.65. The fraction of sp³-hybridized carbons (Fsp3) is 0.917. The smallest absolute Gasteiger partial charge is 0.155 e. The van der Waals surface area contributed by atoms with Crippen LogP contribution in [-0.2, 0) is 4.79 Å². The van der Waals surface area contributed by atoms with Crippen LogP contribution in [0.1, 0.15) is 51.9 Å². The van der Waals surface area contributed by atoms with Gasteiger partial charge in [0.15, 0.2) is 5.78 Å². The van der Waals surface area contributed by atoms with Crippen molar-refractivity contribution in [2.75, 3.05) is 0 Å². The van der Waals surface area contributed by atoms with Crippen molar-refractivity contribution in [2.45, 2.75) is 57.4 Å². The van der Waals surface area contributed by atoms with E-state index in [0.29, 0.717) is 11.7 Å². The van der Waals surface area contributed by atoms with Crippen molar-refractivity contribution in [1.82, 2.24) is 0 Å². The van der Waals surface area contributed by atoms with E-state index in [4.69, 9.17) is 5.73 Å². The Bertz CT molecular complexity index is 232. The number of carbonyl (C=O) groups is 1. The Labute approximate surface area is 86.2 Å². The second-order valence-electron chi connectivity index (χ2n) is 5.16. The molecule has 0 radical (unpaired) electrons. The lowest BCUT2D eigenvalue weighted by atomic mass is 9.76. The van der Waals surface area contributed by atoms with Gasteiger partial charge in [0.2, 0.25) is 0 Å². The molecular formula is C12H21NO. The van der Waals surface area contributed by atoms with Crippen molar-refractivity contribution < 1.29 is 4.79 Å². The van der Waals surface area contributed by atoms with E-state index in [1.54, 1.807) is 0 Å². The summed E-state index contributed by atoms with van der Waals surface area (Å²) >= 11 is 0. The Morgan fingerprint density at radius 3 is 2.71 bits per heavy atom. The molecule has 2 heteroatoms. The van der Waals surface area contributed by atoms with Gasteiger partial charge in [0.1, 0.15) is 0 Å². The largest absolute Gasteiger partial charge is 0.319 e. The van der Waals surface area contributed by atoms with Crippen LogP contribution in [0.3, 0.4) is 0 Å². The zero-order valence-electron chi connectivity index (χ0n) is 9.09. The molecule has 2 aliphatic carbocycles. The van der Waals surface area contributed by atoms with Crippen molar-refractivity contribution in [3.8, 4) is 0 Å². The fourth-order valence-corrected chi connectivity index (χ4v) is 2.69. The van der Waals surface area contributed by atoms with Crippen LogP contribution >= 0.6 is 0 Å². The van der Waals surface area contributed by atoms with E-state index in [0.717, 1.165) is 31.6 Å². The maximum Gasteiger partial charge on any atom is 0.155 e. The van der Waals surface area contributed by atoms with Gasteiger partial charge >= 0.3 is 0 Å². The summed E-state index contributed by atoms with van der Waals surface area (Å²) in [6, 6.07) is 0. The monoisotopic (exact) mass is 195 g/mol. The van der Waals surface area contributed by atoms with Crippen LogP contribution in [0.15, 0.2) is 0 Å². The summed E-state index contributed by atoms with van der Waals surface area (Å²) in [5.74, 6) is 1.44. The average Bonchev–Trinajstić information content (AvgIpc) is 2.97. The summed E-state index contributed by atoms with van der Waals surface area (Å²) in [5, 5.41) is 0. The number of carbonyl (C=O) groups excluding carboxylic acids is 1. The maximum atomic E-state index is 12.0. The molecule has 0 spiro atoms. The number of hydrogen-bond acceptors (Lipinski definition) is 2. The first-order valence-electron chi connectivity index (χ1n) is 5.99. The Hall–Kier alpha value is -0.370. The van der Waals surface area contributed by atoms with Gasteiger partial charge in [-0.15, -0.1) is 0 Å². The van der Waals surface area contributed by atoms with Crippen molar-refractivity contribution in [1.29, 1.82) is 0 Å². The Kier molecular flexibility index (Phi) is 2.65. The molecule has 2 fully saturated rings. The zero-order valence-corrected chi connectivity index (χ0v) is 9.09. The van der Waals surface area contributed by atoms with Gasteiger partial charge in [0.05, 0.1) is 5.54 Å². The van der Waals surface area contributed by atoms with E-state index in [1.165, 1.54) is 19.3 Å². The molecule has 2 N–H and O–H groups in total. The van der Waals surface area contributed by atoms with Gasteiger partial charge in [-0.25, -0.2) is 0 Å². The van der Waals surface area contributed by atoms with E-state index in [-0.39, 0.29) is 5.54 Å². The summed E-state index contributed by atoms with van der Waals surface area (Å²) in [5.41, 5.74) is 5.57. The van der Waals surface area contributed by atoms with Gasteiger partial charge in [0.25, 0.3) is 0 Å². The summed E-state index contributed by atoms with van der Waals surface area (Å²) in [4.78, 5) is 12.0. The lowest BCUT2D eigenvalue weighted by molar-refractivity contribution is -0.126. The lowest BCUT2D eigenvalue weighted by Gasteiger charge is -2.29. The molecule has 2 unspecified atom stereocenters. The molecule has 0 heterocycles. The first kappa shape index (κ1) is 10.2. The highest BCUT2D eigenvalue weighted by Gasteiger charge is 2.48. The third-order valence-electron chi connectivity index (χ3n) is 4.01. The molecule has 0 aliphatic heterocycles. The Morgan fingerprint density at radius 1 is 1.43 bits per heavy atom. The van der Waals surface area contributed by atoms with E-state index in [1.807, 2.05) is 0 Å². The van der Waals surface area contributed by atoms with Crippen molar-refractivity contribution in [2.24, 2.45) is 17.6 Å². The van der Waals surface area contributed by atoms with Gasteiger partial charge < -0.3 is 5.73 Å². The number of hydrogen-bond donors (Lipinski definition) is 1. The van der Waals surface area contributed by atoms with Crippen LogP contribution in [0, 0.1) is 11.8 Å². The minimum atomic E-state index is -0.389. The van der Waals surface area contributed by atoms with E-state index < -0.39 is 0 Å². The number of Topliss-reactive ketones (excluding diaryl/α,β-unsaturated/α-hetero) is 1. The topological polar surface area (TPSA) is 43.1 Å². The zero-order chi connectivity index (χ0) is 10.2. The number of nitrogens with two attached hydrogens (primary N) is 1. The van der Waals surface area contributed by atoms with Gasteiger partial charge in [0, 0.05) is 5.92 Å². The van der Waals surface area contributed by atoms with E-state index >= 15 is 0 Å². The molecule has 2 aliphatic rings. The maximum absolute atomic E-state index is 12.0. The first-order valence-corrected chi connectivity index (χ1v) is 5.99. The van der Waals surface area contributed by atoms with Gasteiger partial charge in [-0.3, -0.25) is 4.79 Å². The quantitative estimate of drug-likeness (QED) is 0.750. The highest BCUT2D eigenvalue weighted by atomic mass is 16.1. The van der Waals surface area contributed by atoms with Crippen LogP contribution in [0.4, 0.5) is 0 Å². The molecule has 0 saturated heterocycles. The van der Waals surface area contributed by atoms with E-state index in [9.17, 15) is 4.79 Å². The van der Waals surface area contributed by atoms with Gasteiger partial charge in [-0.05, 0) is 31.6 Å². The molecule has 2 atom stereocenters. The molecule has 0 aromatic heterocycles. The molecule has 2 nitrogen and oxygen atoms in total. The molecule has 0 bridgehead atoms. The molecule has 2 rings (SSSR count). The molecule has 2 saturated carbocycles. The number of ketones is 1. The molecule has 14 heavy (non-hydrogen) atoms. The van der Waals surface area contributed by atoms with Gasteiger partial charge in [-0.2, -0.15) is 0 Å². The van der Waals surface area contributed by atoms with Crippen molar-refractivity contribution in [3.63, 3.8) is 0 Å². The standard InChI is InChI=1S/C12H21NO/c1-2-9-4-3-5-10(8-9)11(14)12(13)6-7-12/h9-10H,2-8,13H2,1H3. The molecule has 0 amide bonds. The summed E-state index contributed by atoms with van der Waals surface area (Å²) in [7, 11) is 0. The van der Waals surface area contributed by atoms with Crippen LogP contribution in [0.2, 0.25) is 0 Å². The predicted molar refractivity (Wildman–Crippen MR) is 56.9 cm³/mol. The predicted octanol–water partition coefficient (Wildman–Crippen LogP) is 2.26. The molecule has 0 aromatic carbocycles. The number of rotatable bonds is 3. The second kappa shape index (κ2) is 3.65. The lowest BCUT2D eigenvalue weighted by Crippen LogP contribution is -2.39. The minimum absolute atomic E-state index is 0.293. The second-order valence-corrected chi connectivity index (χ2v) is 5.16.